The zero-order valence-corrected chi connectivity index (χ0v) is 11.5. The molecule has 0 radical (unpaired) electrons. The smallest absolute Gasteiger partial charge is 0.275 e. The van der Waals surface area contributed by atoms with Gasteiger partial charge in [-0.25, -0.2) is 4.98 Å². The molecule has 3 rings (SSSR count). The lowest BCUT2D eigenvalue weighted by atomic mass is 10.2. The van der Waals surface area contributed by atoms with Crippen LogP contribution in [0, 0.1) is 13.8 Å². The maximum Gasteiger partial charge on any atom is 0.275 e. The number of hydrogen-bond donors (Lipinski definition) is 2. The van der Waals surface area contributed by atoms with E-state index in [1.165, 1.54) is 11.3 Å². The van der Waals surface area contributed by atoms with Crippen molar-refractivity contribution in [2.24, 2.45) is 0 Å². The van der Waals surface area contributed by atoms with E-state index in [1.54, 1.807) is 0 Å². The van der Waals surface area contributed by atoms with Crippen molar-refractivity contribution >= 4 is 33.8 Å². The highest BCUT2D eigenvalue weighted by Crippen LogP contribution is 2.20. The maximum absolute atomic E-state index is 12.1. The van der Waals surface area contributed by atoms with E-state index in [1.807, 2.05) is 44.3 Å². The molecule has 0 bridgehead atoms. The second-order valence-electron chi connectivity index (χ2n) is 4.37. The number of thiazole rings is 1. The highest BCUT2D eigenvalue weighted by molar-refractivity contribution is 7.11. The van der Waals surface area contributed by atoms with Crippen LogP contribution in [-0.4, -0.2) is 15.9 Å². The third-order valence-corrected chi connectivity index (χ3v) is 3.82. The Morgan fingerprint density at radius 2 is 2.16 bits per heavy atom. The molecule has 0 aliphatic heterocycles. The summed E-state index contributed by atoms with van der Waals surface area (Å²) < 4.78 is 0. The topological polar surface area (TPSA) is 57.8 Å². The first-order chi connectivity index (χ1) is 9.13. The van der Waals surface area contributed by atoms with Gasteiger partial charge in [-0.2, -0.15) is 0 Å². The van der Waals surface area contributed by atoms with Gasteiger partial charge in [0.15, 0.2) is 0 Å². The van der Waals surface area contributed by atoms with Gasteiger partial charge < -0.3 is 10.3 Å². The number of aromatic amines is 1. The number of amides is 1. The molecule has 0 atom stereocenters. The molecular formula is C14H13N3OS. The molecule has 2 N–H and O–H groups in total. The molecular weight excluding hydrogens is 258 g/mol. The Morgan fingerprint density at radius 1 is 1.32 bits per heavy atom. The summed E-state index contributed by atoms with van der Waals surface area (Å²) in [6, 6.07) is 7.78. The van der Waals surface area contributed by atoms with Crippen molar-refractivity contribution < 1.29 is 4.79 Å². The monoisotopic (exact) mass is 271 g/mol. The normalized spacial score (nSPS) is 10.8. The summed E-state index contributed by atoms with van der Waals surface area (Å²) in [6.45, 7) is 3.81. The van der Waals surface area contributed by atoms with Crippen LogP contribution >= 0.6 is 11.3 Å². The molecule has 2 heterocycles. The van der Waals surface area contributed by atoms with E-state index in [2.05, 4.69) is 15.3 Å². The maximum atomic E-state index is 12.1. The predicted molar refractivity (Wildman–Crippen MR) is 77.8 cm³/mol. The molecule has 3 aromatic rings. The van der Waals surface area contributed by atoms with Crippen LogP contribution in [0.2, 0.25) is 0 Å². The van der Waals surface area contributed by atoms with E-state index in [-0.39, 0.29) is 5.91 Å². The minimum Gasteiger partial charge on any atom is -0.361 e. The molecule has 19 heavy (non-hydrogen) atoms. The van der Waals surface area contributed by atoms with Crippen molar-refractivity contribution in [2.75, 3.05) is 5.32 Å². The largest absolute Gasteiger partial charge is 0.361 e. The molecule has 0 spiro atoms. The number of aromatic nitrogens is 2. The van der Waals surface area contributed by atoms with Gasteiger partial charge in [0.25, 0.3) is 5.91 Å². The first-order valence-electron chi connectivity index (χ1n) is 5.96. The van der Waals surface area contributed by atoms with Gasteiger partial charge >= 0.3 is 0 Å². The molecule has 0 aliphatic carbocycles. The van der Waals surface area contributed by atoms with Crippen LogP contribution in [0.4, 0.5) is 5.69 Å². The van der Waals surface area contributed by atoms with E-state index in [9.17, 15) is 4.79 Å². The highest BCUT2D eigenvalue weighted by atomic mass is 32.1. The average molecular weight is 271 g/mol. The summed E-state index contributed by atoms with van der Waals surface area (Å²) in [6.07, 6.45) is 1.88. The Bertz CT molecular complexity index is 757. The van der Waals surface area contributed by atoms with Crippen LogP contribution in [0.5, 0.6) is 0 Å². The van der Waals surface area contributed by atoms with Crippen LogP contribution in [0.3, 0.4) is 0 Å². The van der Waals surface area contributed by atoms with Crippen LogP contribution in [0.1, 0.15) is 20.4 Å². The lowest BCUT2D eigenvalue weighted by Crippen LogP contribution is -2.13. The number of aryl methyl sites for hydroxylation is 2. The molecule has 2 aromatic heterocycles. The Hall–Kier alpha value is -2.14. The number of carbonyl (C=O) groups excluding carboxylic acids is 1. The van der Waals surface area contributed by atoms with Crippen molar-refractivity contribution in [1.29, 1.82) is 0 Å². The predicted octanol–water partition coefficient (Wildman–Crippen LogP) is 3.49. The molecule has 0 saturated carbocycles. The van der Waals surface area contributed by atoms with Crippen molar-refractivity contribution in [3.05, 3.63) is 46.0 Å². The third kappa shape index (κ3) is 2.24. The number of fused-ring (bicyclic) bond motifs is 1. The average Bonchev–Trinajstić information content (AvgIpc) is 2.94. The van der Waals surface area contributed by atoms with Crippen molar-refractivity contribution in [1.82, 2.24) is 9.97 Å². The number of H-pyrrole nitrogens is 1. The SMILES string of the molecule is Cc1nc(C(=O)Nc2ccc3cc[nH]c3c2)c(C)s1. The number of anilines is 1. The van der Waals surface area contributed by atoms with Crippen molar-refractivity contribution in [3.8, 4) is 0 Å². The molecule has 5 heteroatoms. The molecule has 96 valence electrons. The second-order valence-corrected chi connectivity index (χ2v) is 5.78. The molecule has 0 fully saturated rings. The van der Waals surface area contributed by atoms with Crippen molar-refractivity contribution in [3.63, 3.8) is 0 Å². The summed E-state index contributed by atoms with van der Waals surface area (Å²) in [5, 5.41) is 4.91. The zero-order chi connectivity index (χ0) is 13.4. The molecule has 0 unspecified atom stereocenters. The molecule has 0 aliphatic rings. The van der Waals surface area contributed by atoms with Crippen LogP contribution in [-0.2, 0) is 0 Å². The van der Waals surface area contributed by atoms with Gasteiger partial charge in [-0.05, 0) is 37.4 Å². The lowest BCUT2D eigenvalue weighted by molar-refractivity contribution is 0.102. The van der Waals surface area contributed by atoms with Crippen LogP contribution in [0.25, 0.3) is 10.9 Å². The number of benzene rings is 1. The van der Waals surface area contributed by atoms with Crippen LogP contribution < -0.4 is 5.32 Å². The minimum absolute atomic E-state index is 0.159. The Morgan fingerprint density at radius 3 is 2.89 bits per heavy atom. The highest BCUT2D eigenvalue weighted by Gasteiger charge is 2.14. The number of rotatable bonds is 2. The Labute approximate surface area is 114 Å². The first kappa shape index (κ1) is 11.9. The van der Waals surface area contributed by atoms with Gasteiger partial charge in [-0.3, -0.25) is 4.79 Å². The van der Waals surface area contributed by atoms with E-state index in [4.69, 9.17) is 0 Å². The van der Waals surface area contributed by atoms with Gasteiger partial charge in [-0.15, -0.1) is 11.3 Å². The van der Waals surface area contributed by atoms with Crippen molar-refractivity contribution in [2.45, 2.75) is 13.8 Å². The molecule has 1 aromatic carbocycles. The molecule has 1 amide bonds. The Kier molecular flexibility index (Phi) is 2.83. The van der Waals surface area contributed by atoms with Gasteiger partial charge in [0.2, 0.25) is 0 Å². The quantitative estimate of drug-likeness (QED) is 0.749. The first-order valence-corrected chi connectivity index (χ1v) is 6.77. The fourth-order valence-corrected chi connectivity index (χ4v) is 2.87. The van der Waals surface area contributed by atoms with E-state index in [0.717, 1.165) is 26.5 Å². The number of carbonyl (C=O) groups is 1. The number of nitrogens with one attached hydrogen (secondary N) is 2. The summed E-state index contributed by atoms with van der Waals surface area (Å²) in [7, 11) is 0. The van der Waals surface area contributed by atoms with Gasteiger partial charge in [-0.1, -0.05) is 6.07 Å². The third-order valence-electron chi connectivity index (χ3n) is 2.93. The molecule has 4 nitrogen and oxygen atoms in total. The summed E-state index contributed by atoms with van der Waals surface area (Å²) in [5.74, 6) is -0.159. The van der Waals surface area contributed by atoms with E-state index >= 15 is 0 Å². The summed E-state index contributed by atoms with van der Waals surface area (Å²) in [4.78, 5) is 20.5. The van der Waals surface area contributed by atoms with Gasteiger partial charge in [0.05, 0.1) is 5.01 Å². The zero-order valence-electron chi connectivity index (χ0n) is 10.7. The summed E-state index contributed by atoms with van der Waals surface area (Å²) in [5.41, 5.74) is 2.28. The summed E-state index contributed by atoms with van der Waals surface area (Å²) >= 11 is 1.53. The van der Waals surface area contributed by atoms with E-state index < -0.39 is 0 Å². The van der Waals surface area contributed by atoms with Crippen LogP contribution in [0.15, 0.2) is 30.5 Å². The van der Waals surface area contributed by atoms with Gasteiger partial charge in [0.1, 0.15) is 5.69 Å². The second kappa shape index (κ2) is 4.51. The number of hydrogen-bond acceptors (Lipinski definition) is 3. The van der Waals surface area contributed by atoms with Gasteiger partial charge in [0, 0.05) is 22.3 Å². The fourth-order valence-electron chi connectivity index (χ4n) is 2.06. The number of nitrogens with zero attached hydrogens (tertiary/aromatic N) is 1. The molecule has 0 saturated heterocycles. The standard InChI is InChI=1S/C14H13N3OS/c1-8-13(16-9(2)19-8)14(18)17-11-4-3-10-5-6-15-12(10)7-11/h3-7,15H,1-2H3,(H,17,18). The van der Waals surface area contributed by atoms with E-state index in [0.29, 0.717) is 5.69 Å². The fraction of sp³-hybridized carbons (Fsp3) is 0.143. The Balaban J connectivity index is 1.88. The minimum atomic E-state index is -0.159. The lowest BCUT2D eigenvalue weighted by Gasteiger charge is -2.04.